The number of aromatic nitrogens is 3. The summed E-state index contributed by atoms with van der Waals surface area (Å²) in [6.07, 6.45) is 1.47. The fourth-order valence-electron chi connectivity index (χ4n) is 3.29. The van der Waals surface area contributed by atoms with Crippen LogP contribution in [0.25, 0.3) is 0 Å². The number of nitrogen functional groups attached to an aromatic ring is 1. The Morgan fingerprint density at radius 1 is 1.40 bits per heavy atom. The van der Waals surface area contributed by atoms with E-state index >= 15 is 0 Å². The molecule has 8 heteroatoms. The van der Waals surface area contributed by atoms with Crippen molar-refractivity contribution in [1.29, 1.82) is 0 Å². The van der Waals surface area contributed by atoms with Gasteiger partial charge in [-0.1, -0.05) is 18.2 Å². The molecule has 1 atom stereocenters. The molecular formula is C17H22FN5O2. The molecule has 1 aromatic carbocycles. The van der Waals surface area contributed by atoms with Crippen LogP contribution in [0.15, 0.2) is 24.3 Å². The number of hydrogen-bond donors (Lipinski definition) is 2. The third-order valence-electron chi connectivity index (χ3n) is 4.89. The van der Waals surface area contributed by atoms with Gasteiger partial charge < -0.3 is 15.4 Å². The summed E-state index contributed by atoms with van der Waals surface area (Å²) in [6, 6.07) is 6.21. The number of nitrogens with zero attached hydrogens (tertiary/aromatic N) is 3. The van der Waals surface area contributed by atoms with Crippen molar-refractivity contribution in [2.45, 2.75) is 31.3 Å². The molecule has 1 aliphatic heterocycles. The number of anilines is 1. The molecule has 1 fully saturated rings. The molecule has 0 radical (unpaired) electrons. The van der Waals surface area contributed by atoms with Gasteiger partial charge in [0, 0.05) is 31.7 Å². The number of rotatable bonds is 4. The zero-order valence-corrected chi connectivity index (χ0v) is 14.3. The van der Waals surface area contributed by atoms with E-state index in [1.54, 1.807) is 30.0 Å². The Balaban J connectivity index is 1.73. The summed E-state index contributed by atoms with van der Waals surface area (Å²) in [7, 11) is 1.42. The summed E-state index contributed by atoms with van der Waals surface area (Å²) >= 11 is 0. The number of carbonyl (C=O) groups is 1. The summed E-state index contributed by atoms with van der Waals surface area (Å²) in [5.74, 6) is 0.451. The van der Waals surface area contributed by atoms with Crippen molar-refractivity contribution in [2.75, 3.05) is 25.9 Å². The van der Waals surface area contributed by atoms with Crippen LogP contribution in [0, 0.1) is 5.82 Å². The molecule has 0 saturated carbocycles. The van der Waals surface area contributed by atoms with Gasteiger partial charge in [0.1, 0.15) is 11.6 Å². The van der Waals surface area contributed by atoms with E-state index < -0.39 is 11.4 Å². The lowest BCUT2D eigenvalue weighted by Gasteiger charge is -2.37. The van der Waals surface area contributed by atoms with Gasteiger partial charge in [-0.15, -0.1) is 5.10 Å². The Labute approximate surface area is 145 Å². The minimum Gasteiger partial charge on any atom is -0.367 e. The first kappa shape index (κ1) is 17.3. The van der Waals surface area contributed by atoms with E-state index in [0.717, 1.165) is 18.7 Å². The fraction of sp³-hybridized carbons (Fsp3) is 0.471. The Hall–Kier alpha value is -2.48. The fourth-order valence-corrected chi connectivity index (χ4v) is 3.29. The lowest BCUT2D eigenvalue weighted by atomic mass is 9.90. The van der Waals surface area contributed by atoms with Crippen LogP contribution in [0.1, 0.15) is 37.1 Å². The first-order chi connectivity index (χ1) is 12.0. The van der Waals surface area contributed by atoms with Crippen LogP contribution in [0.2, 0.25) is 0 Å². The average Bonchev–Trinajstić information content (AvgIpc) is 3.07. The molecule has 7 nitrogen and oxygen atoms in total. The molecule has 25 heavy (non-hydrogen) atoms. The second kappa shape index (κ2) is 6.79. The number of amides is 1. The van der Waals surface area contributed by atoms with Gasteiger partial charge in [0.2, 0.25) is 5.95 Å². The number of hydrogen-bond acceptors (Lipinski definition) is 5. The van der Waals surface area contributed by atoms with E-state index in [2.05, 4.69) is 15.2 Å². The highest BCUT2D eigenvalue weighted by Gasteiger charge is 2.41. The van der Waals surface area contributed by atoms with Gasteiger partial charge in [0.05, 0.1) is 0 Å². The van der Waals surface area contributed by atoms with Gasteiger partial charge in [-0.05, 0) is 25.8 Å². The normalized spacial score (nSPS) is 18.1. The summed E-state index contributed by atoms with van der Waals surface area (Å²) in [5, 5.41) is 6.68. The lowest BCUT2D eigenvalue weighted by molar-refractivity contribution is -0.155. The summed E-state index contributed by atoms with van der Waals surface area (Å²) in [4.78, 5) is 18.9. The topological polar surface area (TPSA) is 97.1 Å². The van der Waals surface area contributed by atoms with E-state index in [4.69, 9.17) is 10.5 Å². The van der Waals surface area contributed by atoms with Gasteiger partial charge in [-0.2, -0.15) is 4.98 Å². The number of likely N-dealkylation sites (tertiary alicyclic amines) is 1. The number of aromatic amines is 1. The number of H-pyrrole nitrogens is 1. The summed E-state index contributed by atoms with van der Waals surface area (Å²) in [6.45, 7) is 2.69. The quantitative estimate of drug-likeness (QED) is 0.879. The number of methoxy groups -OCH3 is 1. The highest BCUT2D eigenvalue weighted by Crippen LogP contribution is 2.32. The standard InChI is InChI=1S/C17H22FN5O2/c1-17(25-2,12-5-3-4-6-13(12)18)15(24)23-9-7-11(8-10-23)14-20-16(19)22-21-14/h3-6,11H,7-10H2,1-2H3,(H3,19,20,21,22)/t17-/m1/s1. The second-order valence-corrected chi connectivity index (χ2v) is 6.36. The third kappa shape index (κ3) is 3.21. The van der Waals surface area contributed by atoms with E-state index in [-0.39, 0.29) is 23.3 Å². The average molecular weight is 347 g/mol. The minimum atomic E-state index is -1.35. The van der Waals surface area contributed by atoms with Gasteiger partial charge >= 0.3 is 0 Å². The highest BCUT2D eigenvalue weighted by atomic mass is 19.1. The molecule has 1 saturated heterocycles. The highest BCUT2D eigenvalue weighted by molar-refractivity contribution is 5.86. The monoisotopic (exact) mass is 347 g/mol. The van der Waals surface area contributed by atoms with Crippen LogP contribution < -0.4 is 5.73 Å². The van der Waals surface area contributed by atoms with Crippen molar-refractivity contribution in [2.24, 2.45) is 0 Å². The molecule has 1 aromatic heterocycles. The molecule has 3 rings (SSSR count). The first-order valence-electron chi connectivity index (χ1n) is 8.23. The number of piperidine rings is 1. The Morgan fingerprint density at radius 3 is 2.64 bits per heavy atom. The van der Waals surface area contributed by atoms with Crippen LogP contribution in [0.4, 0.5) is 10.3 Å². The van der Waals surface area contributed by atoms with Crippen molar-refractivity contribution < 1.29 is 13.9 Å². The van der Waals surface area contributed by atoms with E-state index in [0.29, 0.717) is 13.1 Å². The summed E-state index contributed by atoms with van der Waals surface area (Å²) in [5.41, 5.74) is 4.44. The van der Waals surface area contributed by atoms with Crippen molar-refractivity contribution in [1.82, 2.24) is 20.1 Å². The second-order valence-electron chi connectivity index (χ2n) is 6.36. The number of halogens is 1. The summed E-state index contributed by atoms with van der Waals surface area (Å²) < 4.78 is 19.7. The van der Waals surface area contributed by atoms with Crippen LogP contribution in [0.3, 0.4) is 0 Å². The molecule has 2 heterocycles. The van der Waals surface area contributed by atoms with Crippen LogP contribution in [0.5, 0.6) is 0 Å². The predicted molar refractivity (Wildman–Crippen MR) is 90.1 cm³/mol. The molecule has 2 aromatic rings. The van der Waals surface area contributed by atoms with Crippen LogP contribution in [-0.4, -0.2) is 46.2 Å². The molecule has 0 spiro atoms. The molecule has 3 N–H and O–H groups in total. The van der Waals surface area contributed by atoms with Gasteiger partial charge in [-0.25, -0.2) is 4.39 Å². The molecule has 134 valence electrons. The largest absolute Gasteiger partial charge is 0.367 e. The molecule has 0 bridgehead atoms. The lowest BCUT2D eigenvalue weighted by Crippen LogP contribution is -2.49. The zero-order valence-electron chi connectivity index (χ0n) is 14.3. The zero-order chi connectivity index (χ0) is 18.0. The maximum Gasteiger partial charge on any atom is 0.259 e. The molecular weight excluding hydrogens is 325 g/mol. The van der Waals surface area contributed by atoms with Gasteiger partial charge in [0.25, 0.3) is 5.91 Å². The number of ether oxygens (including phenoxy) is 1. The Morgan fingerprint density at radius 2 is 2.08 bits per heavy atom. The van der Waals surface area contributed by atoms with Crippen molar-refractivity contribution in [3.63, 3.8) is 0 Å². The number of nitrogens with one attached hydrogen (secondary N) is 1. The van der Waals surface area contributed by atoms with Crippen molar-refractivity contribution >= 4 is 11.9 Å². The first-order valence-corrected chi connectivity index (χ1v) is 8.23. The van der Waals surface area contributed by atoms with E-state index in [1.165, 1.54) is 13.2 Å². The van der Waals surface area contributed by atoms with E-state index in [9.17, 15) is 9.18 Å². The van der Waals surface area contributed by atoms with Crippen molar-refractivity contribution in [3.8, 4) is 0 Å². The van der Waals surface area contributed by atoms with Crippen LogP contribution in [-0.2, 0) is 15.1 Å². The molecule has 0 aliphatic carbocycles. The van der Waals surface area contributed by atoms with E-state index in [1.807, 2.05) is 0 Å². The Kier molecular flexibility index (Phi) is 4.71. The van der Waals surface area contributed by atoms with Crippen LogP contribution >= 0.6 is 0 Å². The molecule has 1 aliphatic rings. The SMILES string of the molecule is CO[C@@](C)(C(=O)N1CCC(c2nc(N)n[nH]2)CC1)c1ccccc1F. The molecule has 0 unspecified atom stereocenters. The van der Waals surface area contributed by atoms with Gasteiger partial charge in [0.15, 0.2) is 5.60 Å². The Bertz CT molecular complexity index is 757. The van der Waals surface area contributed by atoms with Gasteiger partial charge in [-0.3, -0.25) is 9.89 Å². The number of carbonyl (C=O) groups excluding carboxylic acids is 1. The third-order valence-corrected chi connectivity index (χ3v) is 4.89. The maximum atomic E-state index is 14.2. The molecule has 1 amide bonds. The smallest absolute Gasteiger partial charge is 0.259 e. The maximum absolute atomic E-state index is 14.2. The minimum absolute atomic E-state index is 0.177. The van der Waals surface area contributed by atoms with Crippen molar-refractivity contribution in [3.05, 3.63) is 41.5 Å². The number of nitrogens with two attached hydrogens (primary N) is 1. The number of benzene rings is 1. The predicted octanol–water partition coefficient (Wildman–Crippen LogP) is 1.79.